The van der Waals surface area contributed by atoms with Gasteiger partial charge in [-0.1, -0.05) is 0 Å². The second-order valence-electron chi connectivity index (χ2n) is 2.88. The van der Waals surface area contributed by atoms with Gasteiger partial charge in [-0.15, -0.1) is 0 Å². The highest BCUT2D eigenvalue weighted by atomic mass is 19.4. The standard InChI is InChI=1S/C6HF9O3/c7-1(16)3(8,2(17)18)4(9,10)5(11,12)6(13,14)15/h(H,17,18). The fraction of sp³-hybridized carbons (Fsp3) is 0.667. The number of carboxylic acid groups (broad SMARTS) is 1. The first-order valence-electron chi connectivity index (χ1n) is 3.58. The van der Waals surface area contributed by atoms with Crippen LogP contribution in [0.3, 0.4) is 0 Å². The Morgan fingerprint density at radius 1 is 0.778 bits per heavy atom. The highest BCUT2D eigenvalue weighted by Gasteiger charge is 2.85. The number of hydrogen-bond acceptors (Lipinski definition) is 2. The summed E-state index contributed by atoms with van der Waals surface area (Å²) in [5, 5.41) is 7.75. The summed E-state index contributed by atoms with van der Waals surface area (Å²) in [5.41, 5.74) is -6.36. The molecule has 0 heterocycles. The van der Waals surface area contributed by atoms with Gasteiger partial charge in [-0.05, 0) is 0 Å². The Kier molecular flexibility index (Phi) is 3.68. The average Bonchev–Trinajstić information content (AvgIpc) is 2.13. The smallest absolute Gasteiger partial charge is 0.460 e. The molecule has 0 aliphatic heterocycles. The molecule has 0 aliphatic rings. The number of rotatable bonds is 4. The van der Waals surface area contributed by atoms with E-state index in [1.54, 1.807) is 0 Å². The van der Waals surface area contributed by atoms with Crippen LogP contribution in [0.25, 0.3) is 0 Å². The van der Waals surface area contributed by atoms with Crippen LogP contribution >= 0.6 is 0 Å². The van der Waals surface area contributed by atoms with E-state index in [1.807, 2.05) is 0 Å². The van der Waals surface area contributed by atoms with Crippen LogP contribution in [-0.4, -0.2) is 40.8 Å². The first-order chi connectivity index (χ1) is 7.64. The minimum atomic E-state index is -7.27. The SMILES string of the molecule is O=C(O)C(F)(C(=O)F)C(F)(F)C(F)(F)C(F)(F)F. The van der Waals surface area contributed by atoms with E-state index in [9.17, 15) is 49.1 Å². The summed E-state index contributed by atoms with van der Waals surface area (Å²) >= 11 is 0. The molecule has 0 aliphatic carbocycles. The van der Waals surface area contributed by atoms with Crippen LogP contribution in [0.4, 0.5) is 39.5 Å². The van der Waals surface area contributed by atoms with E-state index >= 15 is 0 Å². The van der Waals surface area contributed by atoms with Crippen LogP contribution in [0, 0.1) is 0 Å². The van der Waals surface area contributed by atoms with Crippen LogP contribution in [0.5, 0.6) is 0 Å². The minimum absolute atomic E-state index is 3.82. The summed E-state index contributed by atoms with van der Waals surface area (Å²) in [5.74, 6) is -18.3. The predicted molar refractivity (Wildman–Crippen MR) is 33.5 cm³/mol. The molecule has 1 atom stereocenters. The molecular weight excluding hydrogens is 291 g/mol. The first kappa shape index (κ1) is 16.5. The maximum Gasteiger partial charge on any atom is 0.460 e. The number of carbonyl (C=O) groups is 2. The molecule has 0 radical (unpaired) electrons. The van der Waals surface area contributed by atoms with Gasteiger partial charge in [-0.25, -0.2) is 9.18 Å². The summed E-state index contributed by atoms with van der Waals surface area (Å²) in [6.45, 7) is 0. The van der Waals surface area contributed by atoms with Crippen molar-refractivity contribution in [1.29, 1.82) is 0 Å². The van der Waals surface area contributed by atoms with Gasteiger partial charge in [0, 0.05) is 0 Å². The Balaban J connectivity index is 6.06. The fourth-order valence-corrected chi connectivity index (χ4v) is 0.736. The molecule has 0 aromatic rings. The van der Waals surface area contributed by atoms with Crippen molar-refractivity contribution in [3.63, 3.8) is 0 Å². The van der Waals surface area contributed by atoms with Gasteiger partial charge in [0.1, 0.15) is 0 Å². The molecule has 0 aromatic heterocycles. The van der Waals surface area contributed by atoms with Crippen molar-refractivity contribution >= 4 is 12.0 Å². The fourth-order valence-electron chi connectivity index (χ4n) is 0.736. The van der Waals surface area contributed by atoms with Crippen molar-refractivity contribution in [3.8, 4) is 0 Å². The van der Waals surface area contributed by atoms with Crippen molar-refractivity contribution < 1.29 is 54.2 Å². The quantitative estimate of drug-likeness (QED) is 0.490. The molecule has 18 heavy (non-hydrogen) atoms. The van der Waals surface area contributed by atoms with E-state index in [2.05, 4.69) is 0 Å². The molecule has 3 nitrogen and oxygen atoms in total. The molecule has 0 saturated heterocycles. The summed E-state index contributed by atoms with van der Waals surface area (Å²) in [4.78, 5) is 19.6. The third-order valence-corrected chi connectivity index (χ3v) is 1.75. The summed E-state index contributed by atoms with van der Waals surface area (Å²) < 4.78 is 109. The van der Waals surface area contributed by atoms with Crippen LogP contribution in [-0.2, 0) is 9.59 Å². The first-order valence-corrected chi connectivity index (χ1v) is 3.58. The Morgan fingerprint density at radius 2 is 1.11 bits per heavy atom. The monoisotopic (exact) mass is 292 g/mol. The highest BCUT2D eigenvalue weighted by molar-refractivity contribution is 6.03. The van der Waals surface area contributed by atoms with E-state index in [0.717, 1.165) is 0 Å². The van der Waals surface area contributed by atoms with Gasteiger partial charge in [0.15, 0.2) is 0 Å². The zero-order valence-electron chi connectivity index (χ0n) is 7.67. The molecule has 12 heteroatoms. The Morgan fingerprint density at radius 3 is 1.28 bits per heavy atom. The number of alkyl halides is 8. The molecule has 1 N–H and O–H groups in total. The summed E-state index contributed by atoms with van der Waals surface area (Å²) in [7, 11) is 0. The summed E-state index contributed by atoms with van der Waals surface area (Å²) in [6.07, 6.45) is -7.10. The molecule has 0 spiro atoms. The molecule has 0 rings (SSSR count). The van der Waals surface area contributed by atoms with E-state index in [0.29, 0.717) is 0 Å². The van der Waals surface area contributed by atoms with Gasteiger partial charge in [-0.2, -0.15) is 35.1 Å². The average molecular weight is 292 g/mol. The van der Waals surface area contributed by atoms with Crippen molar-refractivity contribution in [2.24, 2.45) is 0 Å². The molecule has 0 saturated carbocycles. The number of carboxylic acids is 1. The van der Waals surface area contributed by atoms with Gasteiger partial charge in [-0.3, -0.25) is 4.79 Å². The van der Waals surface area contributed by atoms with Crippen LogP contribution < -0.4 is 0 Å². The van der Waals surface area contributed by atoms with Crippen molar-refractivity contribution in [3.05, 3.63) is 0 Å². The Bertz CT molecular complexity index is 357. The molecule has 1 unspecified atom stereocenters. The third-order valence-electron chi connectivity index (χ3n) is 1.75. The highest BCUT2D eigenvalue weighted by Crippen LogP contribution is 2.52. The van der Waals surface area contributed by atoms with Gasteiger partial charge < -0.3 is 5.11 Å². The van der Waals surface area contributed by atoms with Crippen molar-refractivity contribution in [2.45, 2.75) is 23.7 Å². The van der Waals surface area contributed by atoms with E-state index < -0.39 is 35.7 Å². The summed E-state index contributed by atoms with van der Waals surface area (Å²) in [6, 6.07) is -4.19. The predicted octanol–water partition coefficient (Wildman–Crippen LogP) is 2.11. The number of aliphatic carboxylic acids is 1. The molecule has 0 amide bonds. The number of halogens is 9. The molecule has 0 fully saturated rings. The van der Waals surface area contributed by atoms with E-state index in [4.69, 9.17) is 5.11 Å². The molecule has 106 valence electrons. The van der Waals surface area contributed by atoms with E-state index in [-0.39, 0.29) is 0 Å². The van der Waals surface area contributed by atoms with Gasteiger partial charge in [0.05, 0.1) is 0 Å². The lowest BCUT2D eigenvalue weighted by molar-refractivity contribution is -0.372. The number of carbonyl (C=O) groups excluding carboxylic acids is 1. The maximum absolute atomic E-state index is 12.8. The molecule has 0 aromatic carbocycles. The van der Waals surface area contributed by atoms with Gasteiger partial charge in [0.25, 0.3) is 0 Å². The second-order valence-corrected chi connectivity index (χ2v) is 2.88. The Hall–Kier alpha value is -1.49. The second kappa shape index (κ2) is 4.02. The van der Waals surface area contributed by atoms with Gasteiger partial charge in [0.2, 0.25) is 0 Å². The van der Waals surface area contributed by atoms with E-state index in [1.165, 1.54) is 0 Å². The lowest BCUT2D eigenvalue weighted by Crippen LogP contribution is -2.67. The van der Waals surface area contributed by atoms with Crippen molar-refractivity contribution in [1.82, 2.24) is 0 Å². The lowest BCUT2D eigenvalue weighted by Gasteiger charge is -2.33. The topological polar surface area (TPSA) is 54.4 Å². The van der Waals surface area contributed by atoms with Crippen LogP contribution in [0.15, 0.2) is 0 Å². The molecular formula is C6HF9O3. The third kappa shape index (κ3) is 1.88. The van der Waals surface area contributed by atoms with Crippen LogP contribution in [0.2, 0.25) is 0 Å². The lowest BCUT2D eigenvalue weighted by atomic mass is 9.92. The minimum Gasteiger partial charge on any atom is -0.478 e. The van der Waals surface area contributed by atoms with Crippen molar-refractivity contribution in [2.75, 3.05) is 0 Å². The maximum atomic E-state index is 12.8. The van der Waals surface area contributed by atoms with Crippen LogP contribution in [0.1, 0.15) is 0 Å². The number of hydrogen-bond donors (Lipinski definition) is 1. The van der Waals surface area contributed by atoms with Gasteiger partial charge >= 0.3 is 35.7 Å². The molecule has 0 bridgehead atoms. The Labute approximate surface area is 91.2 Å². The zero-order valence-corrected chi connectivity index (χ0v) is 7.67. The normalized spacial score (nSPS) is 17.2. The zero-order chi connectivity index (χ0) is 15.2. The largest absolute Gasteiger partial charge is 0.478 e.